The number of aromatic nitrogens is 3. The Morgan fingerprint density at radius 3 is 2.56 bits per heavy atom. The van der Waals surface area contributed by atoms with E-state index < -0.39 is 0 Å². The van der Waals surface area contributed by atoms with E-state index in [1.54, 1.807) is 11.0 Å². The molecule has 0 unspecified atom stereocenters. The number of nitrogens with zero attached hydrogens (tertiary/aromatic N) is 3. The van der Waals surface area contributed by atoms with Gasteiger partial charge in [0.25, 0.3) is 5.91 Å². The molecule has 1 amide bonds. The van der Waals surface area contributed by atoms with Crippen molar-refractivity contribution >= 4 is 5.91 Å². The molecule has 0 fully saturated rings. The van der Waals surface area contributed by atoms with Crippen LogP contribution in [0.4, 0.5) is 0 Å². The third-order valence-electron chi connectivity index (χ3n) is 2.41. The number of aryl methyl sites for hydroxylation is 1. The lowest BCUT2D eigenvalue weighted by molar-refractivity contribution is 0.0932. The van der Waals surface area contributed by atoms with Gasteiger partial charge in [-0.2, -0.15) is 0 Å². The van der Waals surface area contributed by atoms with Crippen LogP contribution in [-0.2, 0) is 0 Å². The first-order valence-electron chi connectivity index (χ1n) is 5.86. The summed E-state index contributed by atoms with van der Waals surface area (Å²) < 4.78 is 1.59. The summed E-state index contributed by atoms with van der Waals surface area (Å²) in [5.41, 5.74) is 2.06. The molecule has 0 radical (unpaired) electrons. The Hall–Kier alpha value is -2.17. The van der Waals surface area contributed by atoms with Crippen molar-refractivity contribution in [1.29, 1.82) is 0 Å². The zero-order chi connectivity index (χ0) is 13.1. The molecule has 18 heavy (non-hydrogen) atoms. The lowest BCUT2D eigenvalue weighted by atomic mass is 10.2. The van der Waals surface area contributed by atoms with Gasteiger partial charge in [0.05, 0.1) is 5.69 Å². The topological polar surface area (TPSA) is 59.8 Å². The van der Waals surface area contributed by atoms with Gasteiger partial charge in [-0.25, -0.2) is 9.67 Å². The summed E-state index contributed by atoms with van der Waals surface area (Å²) in [6.07, 6.45) is 1.54. The van der Waals surface area contributed by atoms with Crippen molar-refractivity contribution in [1.82, 2.24) is 20.1 Å². The molecule has 2 rings (SSSR count). The smallest absolute Gasteiger partial charge is 0.291 e. The van der Waals surface area contributed by atoms with Crippen molar-refractivity contribution < 1.29 is 4.79 Å². The number of hydrogen-bond donors (Lipinski definition) is 1. The molecular weight excluding hydrogens is 228 g/mol. The summed E-state index contributed by atoms with van der Waals surface area (Å²) >= 11 is 0. The van der Waals surface area contributed by atoms with E-state index in [4.69, 9.17) is 0 Å². The van der Waals surface area contributed by atoms with Crippen LogP contribution >= 0.6 is 0 Å². The molecule has 0 saturated carbocycles. The predicted octanol–water partition coefficient (Wildman–Crippen LogP) is 1.71. The number of benzene rings is 1. The number of rotatable bonds is 3. The molecule has 2 aromatic rings. The van der Waals surface area contributed by atoms with Crippen LogP contribution in [0.5, 0.6) is 0 Å². The first-order chi connectivity index (χ1) is 8.56. The number of carbonyl (C=O) groups is 1. The van der Waals surface area contributed by atoms with Crippen LogP contribution < -0.4 is 5.32 Å². The molecule has 0 bridgehead atoms. The van der Waals surface area contributed by atoms with Crippen molar-refractivity contribution in [3.63, 3.8) is 0 Å². The fraction of sp³-hybridized carbons (Fsp3) is 0.308. The molecule has 5 heteroatoms. The van der Waals surface area contributed by atoms with Crippen LogP contribution in [0.15, 0.2) is 30.6 Å². The highest BCUT2D eigenvalue weighted by Gasteiger charge is 2.12. The van der Waals surface area contributed by atoms with Gasteiger partial charge in [0, 0.05) is 6.04 Å². The summed E-state index contributed by atoms with van der Waals surface area (Å²) in [6, 6.07) is 7.93. The van der Waals surface area contributed by atoms with Crippen LogP contribution in [0.2, 0.25) is 0 Å². The van der Waals surface area contributed by atoms with Crippen LogP contribution in [-0.4, -0.2) is 26.7 Å². The van der Waals surface area contributed by atoms with Gasteiger partial charge in [-0.15, -0.1) is 5.10 Å². The molecule has 0 spiro atoms. The minimum absolute atomic E-state index is 0.0730. The third-order valence-corrected chi connectivity index (χ3v) is 2.41. The van der Waals surface area contributed by atoms with E-state index in [0.717, 1.165) is 5.69 Å². The van der Waals surface area contributed by atoms with Crippen molar-refractivity contribution in [2.24, 2.45) is 0 Å². The van der Waals surface area contributed by atoms with Crippen molar-refractivity contribution in [3.8, 4) is 5.69 Å². The lowest BCUT2D eigenvalue weighted by Crippen LogP contribution is -2.31. The first-order valence-corrected chi connectivity index (χ1v) is 5.86. The number of carbonyl (C=O) groups excluding carboxylic acids is 1. The molecular formula is C13H16N4O. The van der Waals surface area contributed by atoms with Crippen LogP contribution in [0, 0.1) is 6.92 Å². The quantitative estimate of drug-likeness (QED) is 0.894. The molecule has 1 aromatic heterocycles. The molecule has 1 N–H and O–H groups in total. The summed E-state index contributed by atoms with van der Waals surface area (Å²) in [6.45, 7) is 5.82. The molecule has 5 nitrogen and oxygen atoms in total. The Labute approximate surface area is 106 Å². The zero-order valence-corrected chi connectivity index (χ0v) is 10.7. The average Bonchev–Trinajstić information content (AvgIpc) is 2.78. The summed E-state index contributed by atoms with van der Waals surface area (Å²) in [5.74, 6) is -0.0693. The van der Waals surface area contributed by atoms with Gasteiger partial charge < -0.3 is 5.32 Å². The second-order valence-corrected chi connectivity index (χ2v) is 4.48. The maximum absolute atomic E-state index is 11.7. The van der Waals surface area contributed by atoms with E-state index in [-0.39, 0.29) is 17.8 Å². The summed E-state index contributed by atoms with van der Waals surface area (Å²) in [4.78, 5) is 15.7. The summed E-state index contributed by atoms with van der Waals surface area (Å²) in [7, 11) is 0. The minimum atomic E-state index is -0.254. The second kappa shape index (κ2) is 5.00. The number of amides is 1. The monoisotopic (exact) mass is 244 g/mol. The van der Waals surface area contributed by atoms with E-state index in [0.29, 0.717) is 0 Å². The van der Waals surface area contributed by atoms with E-state index in [2.05, 4.69) is 15.4 Å². The van der Waals surface area contributed by atoms with Crippen molar-refractivity contribution in [2.75, 3.05) is 0 Å². The van der Waals surface area contributed by atoms with Gasteiger partial charge >= 0.3 is 0 Å². The molecule has 0 atom stereocenters. The Morgan fingerprint density at radius 2 is 1.94 bits per heavy atom. The van der Waals surface area contributed by atoms with E-state index in [9.17, 15) is 4.79 Å². The maximum atomic E-state index is 11.7. The molecule has 0 saturated heterocycles. The van der Waals surface area contributed by atoms with Crippen molar-refractivity contribution in [2.45, 2.75) is 26.8 Å². The Morgan fingerprint density at radius 1 is 1.28 bits per heavy atom. The fourth-order valence-electron chi connectivity index (χ4n) is 1.52. The largest absolute Gasteiger partial charge is 0.347 e. The van der Waals surface area contributed by atoms with E-state index in [1.807, 2.05) is 45.0 Å². The minimum Gasteiger partial charge on any atom is -0.347 e. The predicted molar refractivity (Wildman–Crippen MR) is 68.7 cm³/mol. The number of hydrogen-bond acceptors (Lipinski definition) is 3. The third kappa shape index (κ3) is 2.74. The highest BCUT2D eigenvalue weighted by atomic mass is 16.2. The standard InChI is InChI=1S/C13H16N4O/c1-9(2)15-13(18)12-14-8-17(16-12)11-6-4-10(3)5-7-11/h4-9H,1-3H3,(H,15,18). The zero-order valence-electron chi connectivity index (χ0n) is 10.7. The van der Waals surface area contributed by atoms with Crippen LogP contribution in [0.3, 0.4) is 0 Å². The van der Waals surface area contributed by atoms with Gasteiger partial charge in [-0.05, 0) is 32.9 Å². The molecule has 0 aliphatic rings. The first kappa shape index (κ1) is 12.3. The van der Waals surface area contributed by atoms with Gasteiger partial charge in [0.1, 0.15) is 6.33 Å². The summed E-state index contributed by atoms with van der Waals surface area (Å²) in [5, 5.41) is 6.91. The fourth-order valence-corrected chi connectivity index (χ4v) is 1.52. The molecule has 94 valence electrons. The average molecular weight is 244 g/mol. The maximum Gasteiger partial charge on any atom is 0.291 e. The van der Waals surface area contributed by atoms with Gasteiger partial charge in [-0.3, -0.25) is 4.79 Å². The molecule has 0 aliphatic carbocycles. The van der Waals surface area contributed by atoms with Gasteiger partial charge in [0.2, 0.25) is 5.82 Å². The molecule has 0 aliphatic heterocycles. The lowest BCUT2D eigenvalue weighted by Gasteiger charge is -2.04. The molecule has 1 heterocycles. The highest BCUT2D eigenvalue weighted by molar-refractivity contribution is 5.90. The van der Waals surface area contributed by atoms with Crippen LogP contribution in [0.25, 0.3) is 5.69 Å². The number of nitrogens with one attached hydrogen (secondary N) is 1. The second-order valence-electron chi connectivity index (χ2n) is 4.48. The van der Waals surface area contributed by atoms with Gasteiger partial charge in [0.15, 0.2) is 0 Å². The van der Waals surface area contributed by atoms with E-state index >= 15 is 0 Å². The normalized spacial score (nSPS) is 10.7. The van der Waals surface area contributed by atoms with E-state index in [1.165, 1.54) is 5.56 Å². The Bertz CT molecular complexity index is 542. The van der Waals surface area contributed by atoms with Crippen LogP contribution in [0.1, 0.15) is 30.0 Å². The highest BCUT2D eigenvalue weighted by Crippen LogP contribution is 2.07. The molecule has 1 aromatic carbocycles. The SMILES string of the molecule is Cc1ccc(-n2cnc(C(=O)NC(C)C)n2)cc1. The Balaban J connectivity index is 2.20. The van der Waals surface area contributed by atoms with Gasteiger partial charge in [-0.1, -0.05) is 17.7 Å². The van der Waals surface area contributed by atoms with Crippen molar-refractivity contribution in [3.05, 3.63) is 42.0 Å². The Kier molecular flexibility index (Phi) is 3.41.